The molecule has 0 bridgehead atoms. The van der Waals surface area contributed by atoms with Crippen molar-refractivity contribution in [2.45, 2.75) is 13.1 Å². The Balaban J connectivity index is 2.70. The van der Waals surface area contributed by atoms with Crippen molar-refractivity contribution in [2.24, 2.45) is 0 Å². The first-order valence-electron chi connectivity index (χ1n) is 4.03. The second-order valence-electron chi connectivity index (χ2n) is 3.12. The zero-order chi connectivity index (χ0) is 10.3. The van der Waals surface area contributed by atoms with Gasteiger partial charge in [0.1, 0.15) is 5.58 Å². The van der Waals surface area contributed by atoms with Crippen molar-refractivity contribution in [1.29, 1.82) is 0 Å². The van der Waals surface area contributed by atoms with Crippen molar-refractivity contribution >= 4 is 11.0 Å². The van der Waals surface area contributed by atoms with Crippen LogP contribution < -0.4 is 0 Å². The van der Waals surface area contributed by atoms with Gasteiger partial charge < -0.3 is 4.42 Å². The zero-order valence-electron chi connectivity index (χ0n) is 7.35. The van der Waals surface area contributed by atoms with Crippen molar-refractivity contribution in [3.63, 3.8) is 0 Å². The van der Waals surface area contributed by atoms with Gasteiger partial charge in [0.15, 0.2) is 0 Å². The molecule has 0 saturated carbocycles. The van der Waals surface area contributed by atoms with Gasteiger partial charge in [-0.15, -0.1) is 0 Å². The average molecular weight is 200 g/mol. The Morgan fingerprint density at radius 2 is 1.93 bits per heavy atom. The second-order valence-corrected chi connectivity index (χ2v) is 3.12. The second kappa shape index (κ2) is 2.77. The fourth-order valence-corrected chi connectivity index (χ4v) is 1.42. The number of hydrogen-bond donors (Lipinski definition) is 0. The van der Waals surface area contributed by atoms with Crippen LogP contribution in [0.1, 0.15) is 11.1 Å². The molecule has 0 radical (unpaired) electrons. The molecule has 1 heterocycles. The summed E-state index contributed by atoms with van der Waals surface area (Å²) >= 11 is 0. The number of rotatable bonds is 0. The van der Waals surface area contributed by atoms with Crippen LogP contribution in [0.3, 0.4) is 0 Å². The molecular formula is C10H7F3O. The van der Waals surface area contributed by atoms with E-state index in [2.05, 4.69) is 0 Å². The predicted octanol–water partition coefficient (Wildman–Crippen LogP) is 3.76. The van der Waals surface area contributed by atoms with Gasteiger partial charge in [-0.1, -0.05) is 0 Å². The van der Waals surface area contributed by atoms with Crippen molar-refractivity contribution < 1.29 is 17.6 Å². The number of hydrogen-bond acceptors (Lipinski definition) is 1. The average Bonchev–Trinajstić information content (AvgIpc) is 2.50. The van der Waals surface area contributed by atoms with E-state index in [0.717, 1.165) is 17.5 Å². The van der Waals surface area contributed by atoms with E-state index in [4.69, 9.17) is 4.42 Å². The Bertz CT molecular complexity index is 468. The number of aryl methyl sites for hydroxylation is 1. The normalized spacial score (nSPS) is 12.3. The van der Waals surface area contributed by atoms with Gasteiger partial charge in [0, 0.05) is 5.39 Å². The van der Waals surface area contributed by atoms with Crippen LogP contribution >= 0.6 is 0 Å². The number of fused-ring (bicyclic) bond motifs is 1. The largest absolute Gasteiger partial charge is 0.464 e. The zero-order valence-corrected chi connectivity index (χ0v) is 7.35. The molecule has 0 amide bonds. The van der Waals surface area contributed by atoms with E-state index < -0.39 is 11.7 Å². The molecule has 74 valence electrons. The number of benzene rings is 1. The van der Waals surface area contributed by atoms with Crippen molar-refractivity contribution in [3.8, 4) is 0 Å². The first kappa shape index (κ1) is 9.12. The summed E-state index contributed by atoms with van der Waals surface area (Å²) in [7, 11) is 0. The van der Waals surface area contributed by atoms with Crippen LogP contribution in [0.5, 0.6) is 0 Å². The van der Waals surface area contributed by atoms with Gasteiger partial charge in [-0.3, -0.25) is 0 Å². The molecular weight excluding hydrogens is 193 g/mol. The topological polar surface area (TPSA) is 13.1 Å². The third-order valence-electron chi connectivity index (χ3n) is 2.11. The summed E-state index contributed by atoms with van der Waals surface area (Å²) in [4.78, 5) is 0. The maximum absolute atomic E-state index is 12.4. The lowest BCUT2D eigenvalue weighted by Gasteiger charge is -2.07. The number of halogens is 3. The molecule has 4 heteroatoms. The standard InChI is InChI=1S/C10H7F3O/c1-6-4-7(10(11,12)13)5-9-8(6)2-3-14-9/h2-5H,1H3. The minimum atomic E-state index is -4.31. The first-order chi connectivity index (χ1) is 6.48. The lowest BCUT2D eigenvalue weighted by Crippen LogP contribution is -2.04. The summed E-state index contributed by atoms with van der Waals surface area (Å²) in [6.07, 6.45) is -2.93. The van der Waals surface area contributed by atoms with Crippen LogP contribution in [-0.4, -0.2) is 0 Å². The molecule has 0 fully saturated rings. The summed E-state index contributed by atoms with van der Waals surface area (Å²) in [6.45, 7) is 1.63. The van der Waals surface area contributed by atoms with Crippen LogP contribution in [0.25, 0.3) is 11.0 Å². The molecule has 2 aromatic rings. The van der Waals surface area contributed by atoms with Crippen LogP contribution in [0.2, 0.25) is 0 Å². The Morgan fingerprint density at radius 1 is 1.21 bits per heavy atom. The van der Waals surface area contributed by atoms with Gasteiger partial charge in [-0.05, 0) is 30.7 Å². The van der Waals surface area contributed by atoms with E-state index in [0.29, 0.717) is 5.56 Å². The molecule has 1 aromatic carbocycles. The summed E-state index contributed by atoms with van der Waals surface area (Å²) in [5.74, 6) is 0. The Hall–Kier alpha value is -1.45. The van der Waals surface area contributed by atoms with E-state index >= 15 is 0 Å². The molecule has 0 N–H and O–H groups in total. The molecule has 0 unspecified atom stereocenters. The van der Waals surface area contributed by atoms with Gasteiger partial charge >= 0.3 is 6.18 Å². The third kappa shape index (κ3) is 1.36. The summed E-state index contributed by atoms with van der Waals surface area (Å²) in [5, 5.41) is 0.720. The lowest BCUT2D eigenvalue weighted by atomic mass is 10.1. The predicted molar refractivity (Wildman–Crippen MR) is 46.0 cm³/mol. The van der Waals surface area contributed by atoms with Crippen LogP contribution in [0.15, 0.2) is 28.9 Å². The minimum Gasteiger partial charge on any atom is -0.464 e. The maximum atomic E-state index is 12.4. The summed E-state index contributed by atoms with van der Waals surface area (Å²) in [6, 6.07) is 3.80. The van der Waals surface area contributed by atoms with Crippen LogP contribution in [0, 0.1) is 6.92 Å². The maximum Gasteiger partial charge on any atom is 0.416 e. The van der Waals surface area contributed by atoms with Crippen molar-refractivity contribution in [2.75, 3.05) is 0 Å². The monoisotopic (exact) mass is 200 g/mol. The molecule has 1 nitrogen and oxygen atoms in total. The minimum absolute atomic E-state index is 0.275. The Labute approximate surface area is 78.1 Å². The van der Waals surface area contributed by atoms with Crippen LogP contribution in [-0.2, 0) is 6.18 Å². The first-order valence-corrected chi connectivity index (χ1v) is 4.03. The fraction of sp³-hybridized carbons (Fsp3) is 0.200. The molecule has 0 aliphatic heterocycles. The van der Waals surface area contributed by atoms with Gasteiger partial charge in [0.05, 0.1) is 11.8 Å². The van der Waals surface area contributed by atoms with E-state index in [1.54, 1.807) is 13.0 Å². The molecule has 0 saturated heterocycles. The lowest BCUT2D eigenvalue weighted by molar-refractivity contribution is -0.137. The SMILES string of the molecule is Cc1cc(C(F)(F)F)cc2occc12. The molecule has 1 aromatic heterocycles. The molecule has 0 atom stereocenters. The van der Waals surface area contributed by atoms with Crippen molar-refractivity contribution in [3.05, 3.63) is 35.6 Å². The van der Waals surface area contributed by atoms with Gasteiger partial charge in [-0.2, -0.15) is 13.2 Å². The number of furan rings is 1. The van der Waals surface area contributed by atoms with Crippen LogP contribution in [0.4, 0.5) is 13.2 Å². The molecule has 2 rings (SSSR count). The van der Waals surface area contributed by atoms with Gasteiger partial charge in [0.2, 0.25) is 0 Å². The van der Waals surface area contributed by atoms with E-state index in [1.807, 2.05) is 0 Å². The quantitative estimate of drug-likeness (QED) is 0.631. The molecule has 0 aliphatic carbocycles. The number of alkyl halides is 3. The van der Waals surface area contributed by atoms with Crippen molar-refractivity contribution in [1.82, 2.24) is 0 Å². The highest BCUT2D eigenvalue weighted by molar-refractivity contribution is 5.81. The highest BCUT2D eigenvalue weighted by Crippen LogP contribution is 2.33. The van der Waals surface area contributed by atoms with E-state index in [1.165, 1.54) is 6.26 Å². The Kier molecular flexibility index (Phi) is 1.80. The molecule has 14 heavy (non-hydrogen) atoms. The van der Waals surface area contributed by atoms with E-state index in [-0.39, 0.29) is 5.58 Å². The summed E-state index contributed by atoms with van der Waals surface area (Å²) < 4.78 is 42.0. The Morgan fingerprint density at radius 3 is 2.57 bits per heavy atom. The van der Waals surface area contributed by atoms with Gasteiger partial charge in [0.25, 0.3) is 0 Å². The smallest absolute Gasteiger partial charge is 0.416 e. The van der Waals surface area contributed by atoms with Gasteiger partial charge in [-0.25, -0.2) is 0 Å². The summed E-state index contributed by atoms with van der Waals surface area (Å²) in [5.41, 5.74) is 0.179. The highest BCUT2D eigenvalue weighted by atomic mass is 19.4. The third-order valence-corrected chi connectivity index (χ3v) is 2.11. The fourth-order valence-electron chi connectivity index (χ4n) is 1.42. The highest BCUT2D eigenvalue weighted by Gasteiger charge is 2.31. The molecule has 0 spiro atoms. The van der Waals surface area contributed by atoms with E-state index in [9.17, 15) is 13.2 Å². The molecule has 0 aliphatic rings.